The molecule has 2 aromatic carbocycles. The Bertz CT molecular complexity index is 729. The molecule has 3 rings (SSSR count). The molecule has 0 bridgehead atoms. The summed E-state index contributed by atoms with van der Waals surface area (Å²) in [6, 6.07) is 18.7. The Kier molecular flexibility index (Phi) is 6.06. The summed E-state index contributed by atoms with van der Waals surface area (Å²) in [5, 5.41) is 0. The van der Waals surface area contributed by atoms with E-state index in [1.54, 1.807) is 7.11 Å². The van der Waals surface area contributed by atoms with E-state index < -0.39 is 7.12 Å². The first-order valence-corrected chi connectivity index (χ1v) is 9.42. The summed E-state index contributed by atoms with van der Waals surface area (Å²) < 4.78 is 23.5. The highest BCUT2D eigenvalue weighted by atomic mass is 16.7. The Morgan fingerprint density at radius 3 is 2.11 bits per heavy atom. The highest BCUT2D eigenvalue weighted by molar-refractivity contribution is 6.62. The molecule has 0 radical (unpaired) electrons. The van der Waals surface area contributed by atoms with Crippen molar-refractivity contribution in [2.75, 3.05) is 20.5 Å². The van der Waals surface area contributed by atoms with Crippen molar-refractivity contribution in [3.63, 3.8) is 0 Å². The zero-order valence-corrected chi connectivity index (χ0v) is 16.9. The van der Waals surface area contributed by atoms with Gasteiger partial charge in [-0.2, -0.15) is 0 Å². The average molecular weight is 368 g/mol. The van der Waals surface area contributed by atoms with Crippen molar-refractivity contribution >= 4 is 12.6 Å². The van der Waals surface area contributed by atoms with Gasteiger partial charge in [0.15, 0.2) is 0 Å². The number of methoxy groups -OCH3 is 1. The van der Waals surface area contributed by atoms with Crippen LogP contribution < -0.4 is 5.46 Å². The fraction of sp³-hybridized carbons (Fsp3) is 0.455. The average Bonchev–Trinajstić information content (AvgIpc) is 2.87. The molecule has 2 aromatic rings. The van der Waals surface area contributed by atoms with Gasteiger partial charge in [0.1, 0.15) is 6.79 Å². The third-order valence-electron chi connectivity index (χ3n) is 5.57. The molecule has 0 amide bonds. The van der Waals surface area contributed by atoms with Gasteiger partial charge in [-0.1, -0.05) is 54.6 Å². The first kappa shape index (κ1) is 20.1. The van der Waals surface area contributed by atoms with Crippen LogP contribution in [0.25, 0.3) is 0 Å². The highest BCUT2D eigenvalue weighted by Crippen LogP contribution is 2.37. The molecule has 1 unspecified atom stereocenters. The normalized spacial score (nSPS) is 19.2. The van der Waals surface area contributed by atoms with Crippen LogP contribution in [0.15, 0.2) is 54.6 Å². The summed E-state index contributed by atoms with van der Waals surface area (Å²) in [5.74, 6) is 0.0663. The number of benzene rings is 2. The Hall–Kier alpha value is -1.66. The monoisotopic (exact) mass is 368 g/mol. The predicted octanol–water partition coefficient (Wildman–Crippen LogP) is 3.74. The fourth-order valence-electron chi connectivity index (χ4n) is 3.31. The molecular weight excluding hydrogens is 339 g/mol. The first-order chi connectivity index (χ1) is 12.9. The van der Waals surface area contributed by atoms with E-state index in [0.29, 0.717) is 6.61 Å². The summed E-state index contributed by atoms with van der Waals surface area (Å²) in [6.07, 6.45) is 0. The van der Waals surface area contributed by atoms with Crippen LogP contribution in [0.2, 0.25) is 0 Å². The summed E-state index contributed by atoms with van der Waals surface area (Å²) in [4.78, 5) is 0. The Balaban J connectivity index is 1.97. The molecule has 1 heterocycles. The molecule has 144 valence electrons. The van der Waals surface area contributed by atoms with Crippen LogP contribution in [0, 0.1) is 0 Å². The van der Waals surface area contributed by atoms with Crippen molar-refractivity contribution < 1.29 is 18.8 Å². The van der Waals surface area contributed by atoms with E-state index in [4.69, 9.17) is 18.8 Å². The zero-order chi connectivity index (χ0) is 19.5. The Labute approximate surface area is 162 Å². The third kappa shape index (κ3) is 4.27. The van der Waals surface area contributed by atoms with Crippen molar-refractivity contribution in [3.8, 4) is 0 Å². The molecule has 0 aliphatic carbocycles. The van der Waals surface area contributed by atoms with E-state index in [-0.39, 0.29) is 23.9 Å². The van der Waals surface area contributed by atoms with Crippen LogP contribution in [0.5, 0.6) is 0 Å². The zero-order valence-electron chi connectivity index (χ0n) is 16.9. The lowest BCUT2D eigenvalue weighted by atomic mass is 9.72. The molecule has 0 N–H and O–H groups in total. The minimum absolute atomic E-state index is 0.0663. The van der Waals surface area contributed by atoms with Crippen LogP contribution in [0.3, 0.4) is 0 Å². The van der Waals surface area contributed by atoms with E-state index in [9.17, 15) is 0 Å². The second-order valence-electron chi connectivity index (χ2n) is 7.96. The third-order valence-corrected chi connectivity index (χ3v) is 5.57. The van der Waals surface area contributed by atoms with Gasteiger partial charge in [-0.3, -0.25) is 0 Å². The van der Waals surface area contributed by atoms with Crippen LogP contribution in [0.1, 0.15) is 44.7 Å². The molecule has 1 saturated heterocycles. The van der Waals surface area contributed by atoms with Crippen molar-refractivity contribution in [1.29, 1.82) is 0 Å². The molecule has 4 nitrogen and oxygen atoms in total. The predicted molar refractivity (Wildman–Crippen MR) is 108 cm³/mol. The van der Waals surface area contributed by atoms with Crippen molar-refractivity contribution in [2.45, 2.75) is 44.8 Å². The highest BCUT2D eigenvalue weighted by Gasteiger charge is 2.52. The van der Waals surface area contributed by atoms with Crippen molar-refractivity contribution in [1.82, 2.24) is 0 Å². The van der Waals surface area contributed by atoms with E-state index in [0.717, 1.165) is 11.0 Å². The number of rotatable bonds is 7. The van der Waals surface area contributed by atoms with Gasteiger partial charge in [0.05, 0.1) is 17.8 Å². The van der Waals surface area contributed by atoms with Gasteiger partial charge in [0, 0.05) is 13.0 Å². The Morgan fingerprint density at radius 1 is 0.889 bits per heavy atom. The molecule has 1 fully saturated rings. The molecule has 1 aliphatic heterocycles. The molecule has 0 saturated carbocycles. The second kappa shape index (κ2) is 8.15. The van der Waals surface area contributed by atoms with Gasteiger partial charge in [-0.15, -0.1) is 0 Å². The van der Waals surface area contributed by atoms with Crippen molar-refractivity contribution in [2.24, 2.45) is 0 Å². The van der Waals surface area contributed by atoms with E-state index >= 15 is 0 Å². The summed E-state index contributed by atoms with van der Waals surface area (Å²) in [5.41, 5.74) is 2.64. The van der Waals surface area contributed by atoms with Crippen LogP contribution >= 0.6 is 0 Å². The molecule has 27 heavy (non-hydrogen) atoms. The topological polar surface area (TPSA) is 36.9 Å². The molecule has 0 aromatic heterocycles. The molecule has 5 heteroatoms. The fourth-order valence-corrected chi connectivity index (χ4v) is 3.31. The van der Waals surface area contributed by atoms with Gasteiger partial charge in [-0.25, -0.2) is 0 Å². The van der Waals surface area contributed by atoms with Gasteiger partial charge >= 0.3 is 7.12 Å². The van der Waals surface area contributed by atoms with Crippen molar-refractivity contribution in [3.05, 3.63) is 65.7 Å². The maximum atomic E-state index is 6.31. The molecule has 0 spiro atoms. The standard InChI is InChI=1S/C22H29BO4/c1-21(2)22(3,4)27-23(26-21)20-14-10-9-13-18(20)19(15-25-16-24-5)17-11-7-6-8-12-17/h6-14,19H,15-16H2,1-5H3. The first-order valence-electron chi connectivity index (χ1n) is 9.42. The lowest BCUT2D eigenvalue weighted by Gasteiger charge is -2.32. The SMILES string of the molecule is COCOCC(c1ccccc1)c1ccccc1B1OC(C)(C)C(C)(C)O1. The van der Waals surface area contributed by atoms with Gasteiger partial charge in [0.25, 0.3) is 0 Å². The summed E-state index contributed by atoms with van der Waals surface area (Å²) in [7, 11) is 1.23. The number of hydrogen-bond donors (Lipinski definition) is 0. The van der Waals surface area contributed by atoms with Gasteiger partial charge < -0.3 is 18.8 Å². The number of hydrogen-bond acceptors (Lipinski definition) is 4. The molecule has 1 atom stereocenters. The van der Waals surface area contributed by atoms with Crippen LogP contribution in [-0.4, -0.2) is 38.8 Å². The summed E-state index contributed by atoms with van der Waals surface area (Å²) >= 11 is 0. The number of ether oxygens (including phenoxy) is 2. The quantitative estimate of drug-likeness (QED) is 0.424. The maximum absolute atomic E-state index is 6.31. The lowest BCUT2D eigenvalue weighted by Crippen LogP contribution is -2.41. The smallest absolute Gasteiger partial charge is 0.399 e. The van der Waals surface area contributed by atoms with Crippen LogP contribution in [0.4, 0.5) is 0 Å². The molecular formula is C22H29BO4. The molecule has 1 aliphatic rings. The second-order valence-corrected chi connectivity index (χ2v) is 7.96. The lowest BCUT2D eigenvalue weighted by molar-refractivity contribution is -0.0328. The summed E-state index contributed by atoms with van der Waals surface area (Å²) in [6.45, 7) is 9.09. The van der Waals surface area contributed by atoms with E-state index in [1.807, 2.05) is 12.1 Å². The van der Waals surface area contributed by atoms with Gasteiger partial charge in [0.2, 0.25) is 0 Å². The van der Waals surface area contributed by atoms with E-state index in [1.165, 1.54) is 5.56 Å². The van der Waals surface area contributed by atoms with E-state index in [2.05, 4.69) is 70.2 Å². The van der Waals surface area contributed by atoms with Crippen LogP contribution in [-0.2, 0) is 18.8 Å². The largest absolute Gasteiger partial charge is 0.495 e. The Morgan fingerprint density at radius 2 is 1.48 bits per heavy atom. The minimum Gasteiger partial charge on any atom is -0.399 e. The minimum atomic E-state index is -0.403. The van der Waals surface area contributed by atoms with Gasteiger partial charge in [-0.05, 0) is 44.3 Å². The maximum Gasteiger partial charge on any atom is 0.495 e.